The third-order valence-electron chi connectivity index (χ3n) is 2.00. The van der Waals surface area contributed by atoms with Crippen molar-refractivity contribution >= 4 is 17.3 Å². The third kappa shape index (κ3) is 11.0. The van der Waals surface area contributed by atoms with Crippen LogP contribution in [0.15, 0.2) is 24.8 Å². The van der Waals surface area contributed by atoms with Crippen molar-refractivity contribution < 1.29 is 4.74 Å². The Labute approximate surface area is 131 Å². The maximum atomic E-state index is 5.50. The van der Waals surface area contributed by atoms with E-state index in [1.165, 1.54) is 11.1 Å². The highest BCUT2D eigenvalue weighted by Crippen LogP contribution is 2.22. The number of allylic oxidation sites excluding steroid dienone is 1. The minimum absolute atomic E-state index is 0.700. The van der Waals surface area contributed by atoms with Gasteiger partial charge in [0, 0.05) is 0 Å². The predicted molar refractivity (Wildman–Crippen MR) is 98.9 cm³/mol. The Morgan fingerprint density at radius 2 is 1.60 bits per heavy atom. The normalized spacial score (nSPS) is 7.85. The molecular formula is C18H34OS. The fourth-order valence-corrected chi connectivity index (χ4v) is 1.59. The van der Waals surface area contributed by atoms with Crippen molar-refractivity contribution in [3.05, 3.63) is 35.9 Å². The summed E-state index contributed by atoms with van der Waals surface area (Å²) in [4.78, 5) is 0. The topological polar surface area (TPSA) is 9.23 Å². The van der Waals surface area contributed by atoms with Crippen LogP contribution < -0.4 is 4.74 Å². The highest BCUT2D eigenvalue weighted by atomic mass is 32.2. The lowest BCUT2D eigenvalue weighted by Crippen LogP contribution is -1.93. The van der Waals surface area contributed by atoms with Crippen molar-refractivity contribution in [3.8, 4) is 5.75 Å². The Kier molecular flexibility index (Phi) is 21.9. The lowest BCUT2D eigenvalue weighted by atomic mass is 10.0. The molecule has 0 bridgehead atoms. The zero-order valence-corrected chi connectivity index (χ0v) is 15.8. The SMILES string of the molecule is C=C(C)c1ccc(OCSC)cc1C.CC.CC.CC. The zero-order valence-electron chi connectivity index (χ0n) is 15.0. The molecule has 118 valence electrons. The summed E-state index contributed by atoms with van der Waals surface area (Å²) in [5, 5.41) is 0. The highest BCUT2D eigenvalue weighted by Gasteiger charge is 2.00. The molecule has 0 saturated carbocycles. The van der Waals surface area contributed by atoms with Gasteiger partial charge in [0.15, 0.2) is 0 Å². The summed E-state index contributed by atoms with van der Waals surface area (Å²) in [6.45, 7) is 20.0. The summed E-state index contributed by atoms with van der Waals surface area (Å²) in [5.41, 5.74) is 3.52. The minimum Gasteiger partial charge on any atom is -0.483 e. The molecule has 0 N–H and O–H groups in total. The Bertz CT molecular complexity index is 332. The first-order valence-electron chi connectivity index (χ1n) is 7.53. The molecule has 1 nitrogen and oxygen atoms in total. The van der Waals surface area contributed by atoms with E-state index in [1.807, 2.05) is 60.8 Å². The molecular weight excluding hydrogens is 264 g/mol. The van der Waals surface area contributed by atoms with Gasteiger partial charge in [-0.2, -0.15) is 0 Å². The van der Waals surface area contributed by atoms with Crippen molar-refractivity contribution in [3.63, 3.8) is 0 Å². The lowest BCUT2D eigenvalue weighted by Gasteiger charge is -2.08. The monoisotopic (exact) mass is 298 g/mol. The van der Waals surface area contributed by atoms with Crippen LogP contribution in [0.1, 0.15) is 59.6 Å². The van der Waals surface area contributed by atoms with Crippen molar-refractivity contribution in [2.24, 2.45) is 0 Å². The molecule has 1 aromatic carbocycles. The first kappa shape index (κ1) is 24.1. The quantitative estimate of drug-likeness (QED) is 0.565. The fraction of sp³-hybridized carbons (Fsp3) is 0.556. The molecule has 1 rings (SSSR count). The summed E-state index contributed by atoms with van der Waals surface area (Å²) in [6.07, 6.45) is 2.02. The Morgan fingerprint density at radius 1 is 1.10 bits per heavy atom. The predicted octanol–water partition coefficient (Wildman–Crippen LogP) is 6.81. The molecule has 0 atom stereocenters. The standard InChI is InChI=1S/C12H16OS.3C2H6/c1-9(2)12-6-5-11(7-10(12)3)13-8-14-4;3*1-2/h5-7H,1,8H2,2-4H3;3*1-2H3. The first-order valence-corrected chi connectivity index (χ1v) is 8.93. The zero-order chi connectivity index (χ0) is 16.6. The lowest BCUT2D eigenvalue weighted by molar-refractivity contribution is 0.393. The minimum atomic E-state index is 0.700. The first-order chi connectivity index (χ1) is 9.65. The van der Waals surface area contributed by atoms with Crippen LogP contribution in [0.4, 0.5) is 0 Å². The second-order valence-corrected chi connectivity index (χ2v) is 4.12. The molecule has 20 heavy (non-hydrogen) atoms. The summed E-state index contributed by atoms with van der Waals surface area (Å²) in [6, 6.07) is 6.11. The summed E-state index contributed by atoms with van der Waals surface area (Å²) < 4.78 is 5.50. The van der Waals surface area contributed by atoms with Crippen LogP contribution in [0.5, 0.6) is 5.75 Å². The van der Waals surface area contributed by atoms with Gasteiger partial charge in [0.25, 0.3) is 0 Å². The van der Waals surface area contributed by atoms with Crippen molar-refractivity contribution in [1.29, 1.82) is 0 Å². The highest BCUT2D eigenvalue weighted by molar-refractivity contribution is 7.98. The average Bonchev–Trinajstić information content (AvgIpc) is 2.51. The van der Waals surface area contributed by atoms with E-state index in [4.69, 9.17) is 4.74 Å². The molecule has 0 fully saturated rings. The Balaban J connectivity index is -0.000000425. The van der Waals surface area contributed by atoms with E-state index in [1.54, 1.807) is 11.8 Å². The molecule has 0 unspecified atom stereocenters. The summed E-state index contributed by atoms with van der Waals surface area (Å²) >= 11 is 1.67. The van der Waals surface area contributed by atoms with Gasteiger partial charge in [-0.15, -0.1) is 11.8 Å². The van der Waals surface area contributed by atoms with Gasteiger partial charge in [-0.05, 0) is 43.4 Å². The van der Waals surface area contributed by atoms with Gasteiger partial charge in [-0.25, -0.2) is 0 Å². The van der Waals surface area contributed by atoms with Gasteiger partial charge < -0.3 is 4.74 Å². The van der Waals surface area contributed by atoms with Gasteiger partial charge in [0.1, 0.15) is 11.7 Å². The number of thioether (sulfide) groups is 1. The second-order valence-electron chi connectivity index (χ2n) is 3.31. The van der Waals surface area contributed by atoms with Crippen LogP contribution in [-0.2, 0) is 0 Å². The van der Waals surface area contributed by atoms with E-state index in [0.29, 0.717) is 5.94 Å². The summed E-state index contributed by atoms with van der Waals surface area (Å²) in [5.74, 6) is 1.63. The molecule has 0 aromatic heterocycles. The largest absolute Gasteiger partial charge is 0.483 e. The van der Waals surface area contributed by atoms with Crippen molar-refractivity contribution in [2.75, 3.05) is 12.2 Å². The molecule has 1 aromatic rings. The fourth-order valence-electron chi connectivity index (χ4n) is 1.33. The van der Waals surface area contributed by atoms with Gasteiger partial charge in [0.2, 0.25) is 0 Å². The molecule has 0 aliphatic heterocycles. The molecule has 0 amide bonds. The molecule has 0 saturated heterocycles. The van der Waals surface area contributed by atoms with Crippen LogP contribution >= 0.6 is 11.8 Å². The van der Waals surface area contributed by atoms with Gasteiger partial charge in [0.05, 0.1) is 0 Å². The second kappa shape index (κ2) is 18.1. The molecule has 0 heterocycles. The Morgan fingerprint density at radius 3 is 1.95 bits per heavy atom. The number of benzene rings is 1. The average molecular weight is 299 g/mol. The van der Waals surface area contributed by atoms with E-state index in [-0.39, 0.29) is 0 Å². The summed E-state index contributed by atoms with van der Waals surface area (Å²) in [7, 11) is 0. The van der Waals surface area contributed by atoms with Gasteiger partial charge in [-0.1, -0.05) is 59.8 Å². The maximum absolute atomic E-state index is 5.50. The number of rotatable bonds is 4. The van der Waals surface area contributed by atoms with Crippen LogP contribution in [0.3, 0.4) is 0 Å². The molecule has 0 radical (unpaired) electrons. The van der Waals surface area contributed by atoms with Gasteiger partial charge >= 0.3 is 0 Å². The van der Waals surface area contributed by atoms with Crippen LogP contribution in [0.2, 0.25) is 0 Å². The van der Waals surface area contributed by atoms with Crippen LogP contribution in [0.25, 0.3) is 5.57 Å². The van der Waals surface area contributed by atoms with Crippen molar-refractivity contribution in [2.45, 2.75) is 55.4 Å². The van der Waals surface area contributed by atoms with Gasteiger partial charge in [-0.3, -0.25) is 0 Å². The molecule has 0 spiro atoms. The smallest absolute Gasteiger partial charge is 0.133 e. The Hall–Kier alpha value is -0.890. The van der Waals surface area contributed by atoms with Crippen molar-refractivity contribution in [1.82, 2.24) is 0 Å². The van der Waals surface area contributed by atoms with Crippen LogP contribution in [-0.4, -0.2) is 12.2 Å². The number of hydrogen-bond donors (Lipinski definition) is 0. The molecule has 0 aliphatic carbocycles. The molecule has 2 heteroatoms. The van der Waals surface area contributed by atoms with E-state index in [0.717, 1.165) is 11.3 Å². The maximum Gasteiger partial charge on any atom is 0.133 e. The number of ether oxygens (including phenoxy) is 1. The van der Waals surface area contributed by atoms with E-state index < -0.39 is 0 Å². The molecule has 0 aliphatic rings. The third-order valence-corrected chi connectivity index (χ3v) is 2.35. The number of hydrogen-bond acceptors (Lipinski definition) is 2. The van der Waals surface area contributed by atoms with E-state index in [2.05, 4.69) is 25.6 Å². The number of aryl methyl sites for hydroxylation is 1. The van der Waals surface area contributed by atoms with Crippen LogP contribution in [0, 0.1) is 6.92 Å². The van der Waals surface area contributed by atoms with E-state index in [9.17, 15) is 0 Å². The van der Waals surface area contributed by atoms with E-state index >= 15 is 0 Å².